The summed E-state index contributed by atoms with van der Waals surface area (Å²) in [5.74, 6) is -0.257. The Balaban J connectivity index is 2.01. The van der Waals surface area contributed by atoms with Crippen LogP contribution in [0.25, 0.3) is 0 Å². The molecule has 6 heteroatoms. The SMILES string of the molecule is O=C(NCc1ccn[nH]1)c1cnccc1Cl. The zero-order chi connectivity index (χ0) is 11.4. The third kappa shape index (κ3) is 2.38. The summed E-state index contributed by atoms with van der Waals surface area (Å²) < 4.78 is 0. The van der Waals surface area contributed by atoms with E-state index < -0.39 is 0 Å². The second kappa shape index (κ2) is 4.76. The fourth-order valence-electron chi connectivity index (χ4n) is 1.20. The molecule has 0 spiro atoms. The average Bonchev–Trinajstić information content (AvgIpc) is 2.79. The van der Waals surface area contributed by atoms with Gasteiger partial charge >= 0.3 is 0 Å². The molecule has 0 aliphatic rings. The molecule has 2 aromatic rings. The molecule has 0 aliphatic carbocycles. The summed E-state index contributed by atoms with van der Waals surface area (Å²) in [5, 5.41) is 9.61. The summed E-state index contributed by atoms with van der Waals surface area (Å²) >= 11 is 5.86. The number of carbonyl (C=O) groups excluding carboxylic acids is 1. The van der Waals surface area contributed by atoms with Crippen LogP contribution in [0, 0.1) is 0 Å². The van der Waals surface area contributed by atoms with Crippen molar-refractivity contribution >= 4 is 17.5 Å². The second-order valence-electron chi connectivity index (χ2n) is 3.12. The fourth-order valence-corrected chi connectivity index (χ4v) is 1.39. The molecule has 2 N–H and O–H groups in total. The molecule has 82 valence electrons. The fraction of sp³-hybridized carbons (Fsp3) is 0.100. The van der Waals surface area contributed by atoms with E-state index in [9.17, 15) is 4.79 Å². The van der Waals surface area contributed by atoms with Crippen molar-refractivity contribution in [3.8, 4) is 0 Å². The number of aromatic nitrogens is 3. The van der Waals surface area contributed by atoms with Crippen molar-refractivity contribution in [1.82, 2.24) is 20.5 Å². The van der Waals surface area contributed by atoms with Gasteiger partial charge in [-0.3, -0.25) is 14.9 Å². The van der Waals surface area contributed by atoms with Gasteiger partial charge < -0.3 is 5.32 Å². The van der Waals surface area contributed by atoms with Crippen molar-refractivity contribution in [1.29, 1.82) is 0 Å². The van der Waals surface area contributed by atoms with Crippen LogP contribution in [-0.2, 0) is 6.54 Å². The molecule has 0 aliphatic heterocycles. The Morgan fingerprint density at radius 2 is 2.31 bits per heavy atom. The molecular formula is C10H9ClN4O. The standard InChI is InChI=1S/C10H9ClN4O/c11-9-2-3-12-6-8(9)10(16)13-5-7-1-4-14-15-7/h1-4,6H,5H2,(H,13,16)(H,14,15). The van der Waals surface area contributed by atoms with E-state index in [0.717, 1.165) is 5.69 Å². The molecule has 0 saturated carbocycles. The third-order valence-electron chi connectivity index (χ3n) is 2.01. The van der Waals surface area contributed by atoms with Gasteiger partial charge in [-0.1, -0.05) is 11.6 Å². The first-order valence-corrected chi connectivity index (χ1v) is 5.01. The molecule has 0 saturated heterocycles. The first kappa shape index (κ1) is 10.6. The molecule has 0 atom stereocenters. The maximum atomic E-state index is 11.7. The van der Waals surface area contributed by atoms with E-state index >= 15 is 0 Å². The number of H-pyrrole nitrogens is 1. The van der Waals surface area contributed by atoms with E-state index in [-0.39, 0.29) is 5.91 Å². The molecular weight excluding hydrogens is 228 g/mol. The smallest absolute Gasteiger partial charge is 0.254 e. The highest BCUT2D eigenvalue weighted by Crippen LogP contribution is 2.12. The molecule has 0 radical (unpaired) electrons. The van der Waals surface area contributed by atoms with E-state index in [0.29, 0.717) is 17.1 Å². The third-order valence-corrected chi connectivity index (χ3v) is 2.34. The molecule has 1 amide bonds. The molecule has 16 heavy (non-hydrogen) atoms. The number of amides is 1. The van der Waals surface area contributed by atoms with E-state index in [4.69, 9.17) is 11.6 Å². The Kier molecular flexibility index (Phi) is 3.16. The van der Waals surface area contributed by atoms with Gasteiger partial charge in [-0.2, -0.15) is 5.10 Å². The molecule has 0 aromatic carbocycles. The zero-order valence-electron chi connectivity index (χ0n) is 8.27. The Labute approximate surface area is 96.8 Å². The van der Waals surface area contributed by atoms with Crippen molar-refractivity contribution in [3.05, 3.63) is 47.0 Å². The van der Waals surface area contributed by atoms with E-state index in [1.807, 2.05) is 0 Å². The van der Waals surface area contributed by atoms with Crippen LogP contribution in [0.1, 0.15) is 16.1 Å². The summed E-state index contributed by atoms with van der Waals surface area (Å²) in [5.41, 5.74) is 1.19. The Morgan fingerprint density at radius 3 is 3.00 bits per heavy atom. The summed E-state index contributed by atoms with van der Waals surface area (Å²) in [4.78, 5) is 15.5. The van der Waals surface area contributed by atoms with Gasteiger partial charge in [-0.25, -0.2) is 0 Å². The average molecular weight is 237 g/mol. The zero-order valence-corrected chi connectivity index (χ0v) is 9.03. The molecule has 2 rings (SSSR count). The maximum absolute atomic E-state index is 11.7. The maximum Gasteiger partial charge on any atom is 0.254 e. The minimum atomic E-state index is -0.257. The predicted molar refractivity (Wildman–Crippen MR) is 59.0 cm³/mol. The van der Waals surface area contributed by atoms with Crippen LogP contribution in [0.4, 0.5) is 0 Å². The lowest BCUT2D eigenvalue weighted by atomic mass is 10.2. The summed E-state index contributed by atoms with van der Waals surface area (Å²) in [7, 11) is 0. The topological polar surface area (TPSA) is 70.7 Å². The number of aromatic amines is 1. The normalized spacial score (nSPS) is 10.1. The molecule has 0 bridgehead atoms. The van der Waals surface area contributed by atoms with Crippen LogP contribution in [0.5, 0.6) is 0 Å². The summed E-state index contributed by atoms with van der Waals surface area (Å²) in [6.45, 7) is 0.379. The van der Waals surface area contributed by atoms with Gasteiger partial charge in [-0.05, 0) is 12.1 Å². The highest BCUT2D eigenvalue weighted by atomic mass is 35.5. The van der Waals surface area contributed by atoms with Crippen LogP contribution in [-0.4, -0.2) is 21.1 Å². The Bertz CT molecular complexity index is 483. The van der Waals surface area contributed by atoms with Crippen molar-refractivity contribution in [2.75, 3.05) is 0 Å². The Hall–Kier alpha value is -1.88. The van der Waals surface area contributed by atoms with Crippen molar-refractivity contribution in [2.24, 2.45) is 0 Å². The number of pyridine rings is 1. The van der Waals surface area contributed by atoms with Crippen LogP contribution in [0.2, 0.25) is 5.02 Å². The molecule has 2 aromatic heterocycles. The molecule has 0 fully saturated rings. The van der Waals surface area contributed by atoms with Crippen LogP contribution in [0.3, 0.4) is 0 Å². The number of hydrogen-bond donors (Lipinski definition) is 2. The van der Waals surface area contributed by atoms with E-state index in [2.05, 4.69) is 20.5 Å². The first-order chi connectivity index (χ1) is 7.77. The first-order valence-electron chi connectivity index (χ1n) is 4.63. The highest BCUT2D eigenvalue weighted by Gasteiger charge is 2.09. The number of halogens is 1. The number of carbonyl (C=O) groups is 1. The van der Waals surface area contributed by atoms with Gasteiger partial charge in [0.1, 0.15) is 0 Å². The summed E-state index contributed by atoms with van der Waals surface area (Å²) in [6.07, 6.45) is 4.59. The van der Waals surface area contributed by atoms with Crippen LogP contribution < -0.4 is 5.32 Å². The van der Waals surface area contributed by atoms with Gasteiger partial charge in [0, 0.05) is 18.6 Å². The monoisotopic (exact) mass is 236 g/mol. The quantitative estimate of drug-likeness (QED) is 0.846. The van der Waals surface area contributed by atoms with Crippen molar-refractivity contribution in [3.63, 3.8) is 0 Å². The van der Waals surface area contributed by atoms with E-state index in [1.165, 1.54) is 12.4 Å². The minimum absolute atomic E-state index is 0.257. The van der Waals surface area contributed by atoms with Crippen LogP contribution in [0.15, 0.2) is 30.7 Å². The second-order valence-corrected chi connectivity index (χ2v) is 3.53. The lowest BCUT2D eigenvalue weighted by Crippen LogP contribution is -2.23. The van der Waals surface area contributed by atoms with Gasteiger partial charge in [0.05, 0.1) is 22.8 Å². The van der Waals surface area contributed by atoms with Gasteiger partial charge in [0.2, 0.25) is 0 Å². The van der Waals surface area contributed by atoms with Gasteiger partial charge in [0.15, 0.2) is 0 Å². The largest absolute Gasteiger partial charge is 0.346 e. The number of nitrogens with one attached hydrogen (secondary N) is 2. The predicted octanol–water partition coefficient (Wildman–Crippen LogP) is 1.39. The minimum Gasteiger partial charge on any atom is -0.346 e. The van der Waals surface area contributed by atoms with Gasteiger partial charge in [0.25, 0.3) is 5.91 Å². The lowest BCUT2D eigenvalue weighted by Gasteiger charge is -2.04. The molecule has 2 heterocycles. The van der Waals surface area contributed by atoms with E-state index in [1.54, 1.807) is 18.3 Å². The van der Waals surface area contributed by atoms with Crippen LogP contribution >= 0.6 is 11.6 Å². The van der Waals surface area contributed by atoms with Crippen molar-refractivity contribution < 1.29 is 4.79 Å². The van der Waals surface area contributed by atoms with Crippen molar-refractivity contribution in [2.45, 2.75) is 6.54 Å². The summed E-state index contributed by atoms with van der Waals surface area (Å²) in [6, 6.07) is 3.36. The lowest BCUT2D eigenvalue weighted by molar-refractivity contribution is 0.0950. The Morgan fingerprint density at radius 1 is 1.44 bits per heavy atom. The molecule has 0 unspecified atom stereocenters. The van der Waals surface area contributed by atoms with Gasteiger partial charge in [-0.15, -0.1) is 0 Å². The number of rotatable bonds is 3. The molecule has 5 nitrogen and oxygen atoms in total. The number of nitrogens with zero attached hydrogens (tertiary/aromatic N) is 2. The highest BCUT2D eigenvalue weighted by molar-refractivity contribution is 6.33. The number of hydrogen-bond acceptors (Lipinski definition) is 3.